The van der Waals surface area contributed by atoms with Gasteiger partial charge < -0.3 is 15.2 Å². The number of hydrogen-bond donors (Lipinski definition) is 3. The van der Waals surface area contributed by atoms with Gasteiger partial charge in [-0.25, -0.2) is 13.8 Å². The van der Waals surface area contributed by atoms with E-state index < -0.39 is 17.2 Å². The van der Waals surface area contributed by atoms with Gasteiger partial charge in [-0.05, 0) is 75.9 Å². The minimum Gasteiger partial charge on any atom is -0.475 e. The SMILES string of the molecule is CC(C)Oc1ccc(-c2n[nH]c3ccc(C(=O)N[C@@H]4CCC[C@@](O)(Cc5c(F)cccc5F)C4)cc23)cn1. The lowest BCUT2D eigenvalue weighted by atomic mass is 9.78. The first-order chi connectivity index (χ1) is 18.2. The van der Waals surface area contributed by atoms with Crippen molar-refractivity contribution in [2.45, 2.75) is 63.7 Å². The summed E-state index contributed by atoms with van der Waals surface area (Å²) in [7, 11) is 0. The lowest BCUT2D eigenvalue weighted by Crippen LogP contribution is -2.47. The molecule has 0 radical (unpaired) electrons. The zero-order chi connectivity index (χ0) is 26.9. The van der Waals surface area contributed by atoms with E-state index in [1.54, 1.807) is 30.5 Å². The summed E-state index contributed by atoms with van der Waals surface area (Å²) in [5, 5.41) is 22.3. The summed E-state index contributed by atoms with van der Waals surface area (Å²) in [5.41, 5.74) is 1.23. The fourth-order valence-electron chi connectivity index (χ4n) is 5.13. The number of nitrogens with zero attached hydrogens (tertiary/aromatic N) is 2. The van der Waals surface area contributed by atoms with Crippen molar-refractivity contribution in [1.29, 1.82) is 0 Å². The van der Waals surface area contributed by atoms with E-state index in [-0.39, 0.29) is 36.5 Å². The van der Waals surface area contributed by atoms with Crippen LogP contribution in [0.3, 0.4) is 0 Å². The molecule has 5 rings (SSSR count). The monoisotopic (exact) mass is 520 g/mol. The Morgan fingerprint density at radius 2 is 2.00 bits per heavy atom. The quantitative estimate of drug-likeness (QED) is 0.306. The van der Waals surface area contributed by atoms with Crippen molar-refractivity contribution in [3.05, 3.63) is 77.5 Å². The maximum Gasteiger partial charge on any atom is 0.251 e. The van der Waals surface area contributed by atoms with Crippen LogP contribution in [0.5, 0.6) is 5.88 Å². The molecule has 1 saturated carbocycles. The Bertz CT molecular complexity index is 1430. The molecule has 0 saturated heterocycles. The topological polar surface area (TPSA) is 100 Å². The van der Waals surface area contributed by atoms with Gasteiger partial charge in [0.15, 0.2) is 0 Å². The number of hydrogen-bond acceptors (Lipinski definition) is 5. The van der Waals surface area contributed by atoms with Crippen molar-refractivity contribution in [2.24, 2.45) is 0 Å². The van der Waals surface area contributed by atoms with Crippen LogP contribution in [0.25, 0.3) is 22.2 Å². The van der Waals surface area contributed by atoms with Gasteiger partial charge in [-0.2, -0.15) is 5.10 Å². The number of amides is 1. The molecule has 1 fully saturated rings. The predicted octanol–water partition coefficient (Wildman–Crippen LogP) is 5.34. The number of aromatic amines is 1. The minimum atomic E-state index is -1.31. The van der Waals surface area contributed by atoms with Crippen LogP contribution < -0.4 is 10.1 Å². The molecule has 2 heterocycles. The molecule has 0 unspecified atom stereocenters. The summed E-state index contributed by atoms with van der Waals surface area (Å²) in [4.78, 5) is 17.5. The highest BCUT2D eigenvalue weighted by Crippen LogP contribution is 2.33. The molecule has 2 aromatic heterocycles. The normalized spacial score (nSPS) is 19.6. The summed E-state index contributed by atoms with van der Waals surface area (Å²) in [5.74, 6) is -1.12. The Balaban J connectivity index is 1.31. The number of pyridine rings is 1. The molecule has 2 aromatic carbocycles. The second kappa shape index (κ2) is 10.5. The molecule has 198 valence electrons. The zero-order valence-electron chi connectivity index (χ0n) is 21.3. The molecule has 9 heteroatoms. The Kier molecular flexibility index (Phi) is 7.12. The van der Waals surface area contributed by atoms with E-state index in [2.05, 4.69) is 20.5 Å². The van der Waals surface area contributed by atoms with E-state index in [1.807, 2.05) is 19.9 Å². The van der Waals surface area contributed by atoms with Crippen molar-refractivity contribution in [3.8, 4) is 17.1 Å². The van der Waals surface area contributed by atoms with Gasteiger partial charge >= 0.3 is 0 Å². The predicted molar refractivity (Wildman–Crippen MR) is 140 cm³/mol. The lowest BCUT2D eigenvalue weighted by molar-refractivity contribution is -0.00754. The maximum atomic E-state index is 14.2. The second-order valence-corrected chi connectivity index (χ2v) is 10.3. The maximum absolute atomic E-state index is 14.2. The van der Waals surface area contributed by atoms with Gasteiger partial charge in [-0.3, -0.25) is 9.89 Å². The van der Waals surface area contributed by atoms with Crippen LogP contribution in [-0.4, -0.2) is 43.9 Å². The minimum absolute atomic E-state index is 0.0152. The molecule has 4 aromatic rings. The molecular formula is C29H30F2N4O3. The molecule has 0 aliphatic heterocycles. The van der Waals surface area contributed by atoms with Crippen LogP contribution in [-0.2, 0) is 6.42 Å². The first-order valence-electron chi connectivity index (χ1n) is 12.8. The van der Waals surface area contributed by atoms with Gasteiger partial charge in [0, 0.05) is 46.8 Å². The van der Waals surface area contributed by atoms with Crippen molar-refractivity contribution in [2.75, 3.05) is 0 Å². The second-order valence-electron chi connectivity index (χ2n) is 10.3. The van der Waals surface area contributed by atoms with Gasteiger partial charge in [0.05, 0.1) is 17.2 Å². The standard InChI is InChI=1S/C29H30F2N4O3/c1-17(2)38-26-11-9-19(16-32-26)27-21-13-18(8-10-25(21)34-35-27)28(36)33-20-5-4-12-29(37,14-20)15-22-23(30)6-3-7-24(22)31/h3,6-11,13,16-17,20,37H,4-5,12,14-15H2,1-2H3,(H,33,36)(H,34,35)/t20-,29+/m1/s1. The van der Waals surface area contributed by atoms with Crippen LogP contribution in [0.1, 0.15) is 55.5 Å². The van der Waals surface area contributed by atoms with Crippen molar-refractivity contribution < 1.29 is 23.4 Å². The number of aliphatic hydroxyl groups is 1. The van der Waals surface area contributed by atoms with E-state index >= 15 is 0 Å². The number of H-pyrrole nitrogens is 1. The Hall–Kier alpha value is -3.85. The van der Waals surface area contributed by atoms with E-state index in [4.69, 9.17) is 4.74 Å². The van der Waals surface area contributed by atoms with E-state index in [0.717, 1.165) is 16.5 Å². The molecule has 0 bridgehead atoms. The highest BCUT2D eigenvalue weighted by atomic mass is 19.1. The average Bonchev–Trinajstić information content (AvgIpc) is 3.30. The lowest BCUT2D eigenvalue weighted by Gasteiger charge is -2.37. The fourth-order valence-corrected chi connectivity index (χ4v) is 5.13. The largest absolute Gasteiger partial charge is 0.475 e. The summed E-state index contributed by atoms with van der Waals surface area (Å²) in [6, 6.07) is 12.3. The number of rotatable bonds is 7. The van der Waals surface area contributed by atoms with Gasteiger partial charge in [0.2, 0.25) is 5.88 Å². The van der Waals surface area contributed by atoms with E-state index in [1.165, 1.54) is 18.2 Å². The van der Waals surface area contributed by atoms with Crippen LogP contribution in [0.2, 0.25) is 0 Å². The number of halogens is 2. The highest BCUT2D eigenvalue weighted by Gasteiger charge is 2.36. The van der Waals surface area contributed by atoms with Gasteiger partial charge in [0.1, 0.15) is 17.3 Å². The summed E-state index contributed by atoms with van der Waals surface area (Å²) < 4.78 is 34.0. The summed E-state index contributed by atoms with van der Waals surface area (Å²) >= 11 is 0. The van der Waals surface area contributed by atoms with Gasteiger partial charge in [0.25, 0.3) is 5.91 Å². The molecule has 0 spiro atoms. The number of ether oxygens (including phenoxy) is 1. The van der Waals surface area contributed by atoms with Gasteiger partial charge in [-0.15, -0.1) is 0 Å². The van der Waals surface area contributed by atoms with Crippen molar-refractivity contribution in [1.82, 2.24) is 20.5 Å². The fraction of sp³-hybridized carbons (Fsp3) is 0.345. The number of fused-ring (bicyclic) bond motifs is 1. The van der Waals surface area contributed by atoms with Gasteiger partial charge in [-0.1, -0.05) is 6.07 Å². The Morgan fingerprint density at radius 3 is 2.71 bits per heavy atom. The highest BCUT2D eigenvalue weighted by molar-refractivity contribution is 6.01. The number of carbonyl (C=O) groups excluding carboxylic acids is 1. The molecule has 1 aliphatic rings. The third-order valence-electron chi connectivity index (χ3n) is 6.92. The average molecular weight is 521 g/mol. The third kappa shape index (κ3) is 5.52. The Morgan fingerprint density at radius 1 is 1.21 bits per heavy atom. The van der Waals surface area contributed by atoms with Crippen LogP contribution in [0.4, 0.5) is 8.78 Å². The first kappa shape index (κ1) is 25.8. The first-order valence-corrected chi connectivity index (χ1v) is 12.8. The van der Waals surface area contributed by atoms with Crippen molar-refractivity contribution in [3.63, 3.8) is 0 Å². The summed E-state index contributed by atoms with van der Waals surface area (Å²) in [6.07, 6.45) is 3.48. The van der Waals surface area contributed by atoms with E-state index in [0.29, 0.717) is 36.4 Å². The zero-order valence-corrected chi connectivity index (χ0v) is 21.3. The molecule has 1 aliphatic carbocycles. The van der Waals surface area contributed by atoms with Crippen LogP contribution in [0, 0.1) is 11.6 Å². The molecule has 1 amide bonds. The molecule has 7 nitrogen and oxygen atoms in total. The number of carbonyl (C=O) groups is 1. The molecular weight excluding hydrogens is 490 g/mol. The molecule has 38 heavy (non-hydrogen) atoms. The summed E-state index contributed by atoms with van der Waals surface area (Å²) in [6.45, 7) is 3.86. The van der Waals surface area contributed by atoms with Crippen LogP contribution in [0.15, 0.2) is 54.7 Å². The third-order valence-corrected chi connectivity index (χ3v) is 6.92. The van der Waals surface area contributed by atoms with Crippen LogP contribution >= 0.6 is 0 Å². The molecule has 3 N–H and O–H groups in total. The van der Waals surface area contributed by atoms with Crippen molar-refractivity contribution >= 4 is 16.8 Å². The number of aromatic nitrogens is 3. The van der Waals surface area contributed by atoms with E-state index in [9.17, 15) is 18.7 Å². The Labute approximate surface area is 219 Å². The molecule has 2 atom stereocenters. The number of nitrogens with one attached hydrogen (secondary N) is 2. The smallest absolute Gasteiger partial charge is 0.251 e. The number of benzene rings is 2.